The van der Waals surface area contributed by atoms with E-state index in [0.29, 0.717) is 5.56 Å². The van der Waals surface area contributed by atoms with Crippen molar-refractivity contribution in [1.29, 1.82) is 0 Å². The number of ether oxygens (including phenoxy) is 1. The highest BCUT2D eigenvalue weighted by atomic mass is 19.1. The SMILES string of the molecule is COc1ccc(CC(=O)NC2CCCN(c3ccccn3)C2)cc1F. The van der Waals surface area contributed by atoms with Crippen molar-refractivity contribution in [2.45, 2.75) is 25.3 Å². The number of carbonyl (C=O) groups is 1. The Morgan fingerprint density at radius 3 is 3.00 bits per heavy atom. The maximum absolute atomic E-state index is 13.7. The highest BCUT2D eigenvalue weighted by Gasteiger charge is 2.22. The second-order valence-electron chi connectivity index (χ2n) is 6.19. The topological polar surface area (TPSA) is 54.5 Å². The van der Waals surface area contributed by atoms with Crippen LogP contribution in [0.3, 0.4) is 0 Å². The van der Waals surface area contributed by atoms with E-state index in [0.717, 1.165) is 31.7 Å². The molecule has 1 aliphatic heterocycles. The number of rotatable bonds is 5. The molecular formula is C19H22FN3O2. The van der Waals surface area contributed by atoms with Gasteiger partial charge >= 0.3 is 0 Å². The Morgan fingerprint density at radius 1 is 1.40 bits per heavy atom. The maximum Gasteiger partial charge on any atom is 0.224 e. The first-order valence-electron chi connectivity index (χ1n) is 8.43. The molecule has 1 atom stereocenters. The number of hydrogen-bond donors (Lipinski definition) is 1. The third kappa shape index (κ3) is 4.47. The van der Waals surface area contributed by atoms with Gasteiger partial charge in [0.05, 0.1) is 13.5 Å². The molecule has 2 heterocycles. The van der Waals surface area contributed by atoms with Crippen LogP contribution >= 0.6 is 0 Å². The number of halogens is 1. The first kappa shape index (κ1) is 17.2. The predicted octanol–water partition coefficient (Wildman–Crippen LogP) is 2.56. The minimum absolute atomic E-state index is 0.0753. The summed E-state index contributed by atoms with van der Waals surface area (Å²) in [5.74, 6) is 0.561. The van der Waals surface area contributed by atoms with Gasteiger partial charge in [-0.25, -0.2) is 9.37 Å². The lowest BCUT2D eigenvalue weighted by Crippen LogP contribution is -2.48. The molecule has 0 bridgehead atoms. The van der Waals surface area contributed by atoms with E-state index in [2.05, 4.69) is 15.2 Å². The lowest BCUT2D eigenvalue weighted by molar-refractivity contribution is -0.121. The summed E-state index contributed by atoms with van der Waals surface area (Å²) in [6, 6.07) is 10.5. The smallest absolute Gasteiger partial charge is 0.224 e. The molecule has 1 aromatic carbocycles. The number of nitrogens with zero attached hydrogens (tertiary/aromatic N) is 2. The van der Waals surface area contributed by atoms with Gasteiger partial charge in [-0.2, -0.15) is 0 Å². The van der Waals surface area contributed by atoms with Gasteiger partial charge in [0.25, 0.3) is 0 Å². The summed E-state index contributed by atoms with van der Waals surface area (Å²) in [7, 11) is 1.42. The Kier molecular flexibility index (Phi) is 5.48. The standard InChI is InChI=1S/C19H22FN3O2/c1-25-17-8-7-14(11-16(17)20)12-19(24)22-15-5-4-10-23(13-15)18-6-2-3-9-21-18/h2-3,6-9,11,15H,4-5,10,12-13H2,1H3,(H,22,24). The number of methoxy groups -OCH3 is 1. The number of carbonyl (C=O) groups excluding carboxylic acids is 1. The van der Waals surface area contributed by atoms with Crippen LogP contribution in [0.1, 0.15) is 18.4 Å². The summed E-state index contributed by atoms with van der Waals surface area (Å²) in [6.07, 6.45) is 3.86. The molecule has 1 amide bonds. The van der Waals surface area contributed by atoms with E-state index in [1.165, 1.54) is 13.2 Å². The lowest BCUT2D eigenvalue weighted by Gasteiger charge is -2.34. The molecule has 1 saturated heterocycles. The van der Waals surface area contributed by atoms with Crippen molar-refractivity contribution in [2.75, 3.05) is 25.1 Å². The molecule has 0 saturated carbocycles. The summed E-state index contributed by atoms with van der Waals surface area (Å²) in [6.45, 7) is 1.67. The van der Waals surface area contributed by atoms with Crippen molar-refractivity contribution in [3.63, 3.8) is 0 Å². The molecule has 5 nitrogen and oxygen atoms in total. The molecule has 0 radical (unpaired) electrons. The zero-order valence-corrected chi connectivity index (χ0v) is 14.2. The minimum Gasteiger partial charge on any atom is -0.494 e. The van der Waals surface area contributed by atoms with E-state index in [-0.39, 0.29) is 24.1 Å². The van der Waals surface area contributed by atoms with E-state index in [4.69, 9.17) is 4.74 Å². The zero-order chi connectivity index (χ0) is 17.6. The van der Waals surface area contributed by atoms with Crippen LogP contribution in [0.25, 0.3) is 0 Å². The van der Waals surface area contributed by atoms with Crippen LogP contribution in [0.5, 0.6) is 5.75 Å². The molecule has 1 aromatic heterocycles. The number of pyridine rings is 1. The van der Waals surface area contributed by atoms with E-state index >= 15 is 0 Å². The maximum atomic E-state index is 13.7. The third-order valence-corrected chi connectivity index (χ3v) is 4.34. The zero-order valence-electron chi connectivity index (χ0n) is 14.2. The number of nitrogens with one attached hydrogen (secondary N) is 1. The normalized spacial score (nSPS) is 17.2. The van der Waals surface area contributed by atoms with Crippen LogP contribution in [-0.4, -0.2) is 37.1 Å². The number of piperidine rings is 1. The van der Waals surface area contributed by atoms with Crippen LogP contribution in [0.2, 0.25) is 0 Å². The minimum atomic E-state index is -0.452. The fraction of sp³-hybridized carbons (Fsp3) is 0.368. The molecule has 6 heteroatoms. The van der Waals surface area contributed by atoms with Crippen molar-refractivity contribution in [3.8, 4) is 5.75 Å². The first-order valence-corrected chi connectivity index (χ1v) is 8.43. The van der Waals surface area contributed by atoms with Gasteiger partial charge in [-0.3, -0.25) is 4.79 Å². The Labute approximate surface area is 146 Å². The second-order valence-corrected chi connectivity index (χ2v) is 6.19. The Balaban J connectivity index is 1.56. The van der Waals surface area contributed by atoms with Gasteiger partial charge in [-0.15, -0.1) is 0 Å². The first-order chi connectivity index (χ1) is 12.2. The molecule has 2 aromatic rings. The lowest BCUT2D eigenvalue weighted by atomic mass is 10.0. The fourth-order valence-corrected chi connectivity index (χ4v) is 3.13. The van der Waals surface area contributed by atoms with Crippen LogP contribution in [0.4, 0.5) is 10.2 Å². The van der Waals surface area contributed by atoms with E-state index < -0.39 is 5.82 Å². The van der Waals surface area contributed by atoms with Gasteiger partial charge < -0.3 is 15.0 Å². The molecule has 1 N–H and O–H groups in total. The number of aromatic nitrogens is 1. The third-order valence-electron chi connectivity index (χ3n) is 4.34. The molecule has 1 fully saturated rings. The quantitative estimate of drug-likeness (QED) is 0.907. The van der Waals surface area contributed by atoms with Crippen LogP contribution in [0, 0.1) is 5.82 Å². The number of benzene rings is 1. The van der Waals surface area contributed by atoms with Gasteiger partial charge in [-0.1, -0.05) is 12.1 Å². The van der Waals surface area contributed by atoms with Crippen LogP contribution in [0.15, 0.2) is 42.6 Å². The molecule has 3 rings (SSSR count). The number of hydrogen-bond acceptors (Lipinski definition) is 4. The molecular weight excluding hydrogens is 321 g/mol. The summed E-state index contributed by atoms with van der Waals surface area (Å²) in [5, 5.41) is 3.05. The Hall–Kier alpha value is -2.63. The molecule has 0 aliphatic carbocycles. The van der Waals surface area contributed by atoms with Gasteiger partial charge in [0.2, 0.25) is 5.91 Å². The number of anilines is 1. The second kappa shape index (κ2) is 7.96. The van der Waals surface area contributed by atoms with Gasteiger partial charge in [0.1, 0.15) is 5.82 Å². The average molecular weight is 343 g/mol. The van der Waals surface area contributed by atoms with Gasteiger partial charge in [0, 0.05) is 25.3 Å². The van der Waals surface area contributed by atoms with Crippen molar-refractivity contribution in [2.24, 2.45) is 0 Å². The largest absolute Gasteiger partial charge is 0.494 e. The van der Waals surface area contributed by atoms with Crippen molar-refractivity contribution in [3.05, 3.63) is 54.0 Å². The van der Waals surface area contributed by atoms with Crippen LogP contribution < -0.4 is 15.0 Å². The molecule has 132 valence electrons. The van der Waals surface area contributed by atoms with Crippen LogP contribution in [-0.2, 0) is 11.2 Å². The van der Waals surface area contributed by atoms with Gasteiger partial charge in [0.15, 0.2) is 11.6 Å². The Morgan fingerprint density at radius 2 is 2.28 bits per heavy atom. The average Bonchev–Trinajstić information content (AvgIpc) is 2.63. The van der Waals surface area contributed by atoms with E-state index in [9.17, 15) is 9.18 Å². The van der Waals surface area contributed by atoms with Crippen molar-refractivity contribution >= 4 is 11.7 Å². The fourth-order valence-electron chi connectivity index (χ4n) is 3.13. The molecule has 0 spiro atoms. The highest BCUT2D eigenvalue weighted by molar-refractivity contribution is 5.79. The van der Waals surface area contributed by atoms with Gasteiger partial charge in [-0.05, 0) is 42.7 Å². The van der Waals surface area contributed by atoms with E-state index in [1.807, 2.05) is 18.2 Å². The predicted molar refractivity (Wildman–Crippen MR) is 94.3 cm³/mol. The summed E-state index contributed by atoms with van der Waals surface area (Å²) in [4.78, 5) is 18.8. The summed E-state index contributed by atoms with van der Waals surface area (Å²) < 4.78 is 18.6. The summed E-state index contributed by atoms with van der Waals surface area (Å²) >= 11 is 0. The highest BCUT2D eigenvalue weighted by Crippen LogP contribution is 2.19. The summed E-state index contributed by atoms with van der Waals surface area (Å²) in [5.41, 5.74) is 0.633. The Bertz CT molecular complexity index is 724. The monoisotopic (exact) mass is 343 g/mol. The van der Waals surface area contributed by atoms with Crippen molar-refractivity contribution < 1.29 is 13.9 Å². The van der Waals surface area contributed by atoms with Crippen molar-refractivity contribution in [1.82, 2.24) is 10.3 Å². The molecule has 1 aliphatic rings. The molecule has 25 heavy (non-hydrogen) atoms. The van der Waals surface area contributed by atoms with E-state index in [1.54, 1.807) is 18.3 Å². The number of amides is 1. The molecule has 1 unspecified atom stereocenters.